The summed E-state index contributed by atoms with van der Waals surface area (Å²) >= 11 is 13.4. The molecule has 1 aliphatic rings. The highest BCUT2D eigenvalue weighted by atomic mass is 35.5. The van der Waals surface area contributed by atoms with Gasteiger partial charge in [0.05, 0.1) is 28.5 Å². The maximum Gasteiger partial charge on any atom is 0.338 e. The molecule has 1 atom stereocenters. The van der Waals surface area contributed by atoms with E-state index in [4.69, 9.17) is 32.4 Å². The lowest BCUT2D eigenvalue weighted by Crippen LogP contribution is -2.39. The molecule has 0 N–H and O–H groups in total. The number of thiazole rings is 1. The Morgan fingerprint density at radius 1 is 1.14 bits per heavy atom. The van der Waals surface area contributed by atoms with Crippen LogP contribution in [0.1, 0.15) is 31.2 Å². The van der Waals surface area contributed by atoms with Crippen molar-refractivity contribution in [3.05, 3.63) is 113 Å². The maximum atomic E-state index is 13.6. The van der Waals surface area contributed by atoms with Crippen LogP contribution in [0, 0.1) is 0 Å². The predicted octanol–water partition coefficient (Wildman–Crippen LogP) is 5.37. The van der Waals surface area contributed by atoms with Crippen LogP contribution in [0.25, 0.3) is 17.4 Å². The van der Waals surface area contributed by atoms with E-state index < -0.39 is 12.0 Å². The quantitative estimate of drug-likeness (QED) is 0.320. The number of fused-ring (bicyclic) bond motifs is 1. The van der Waals surface area contributed by atoms with Gasteiger partial charge in [-0.15, -0.1) is 0 Å². The number of furan rings is 1. The minimum absolute atomic E-state index is 0.209. The highest BCUT2D eigenvalue weighted by molar-refractivity contribution is 7.07. The SMILES string of the molecule is CCOC(=O)C1=C(C)N=c2s/c(=C/c3ccc(-c4cccc(Cl)c4)o3)c(=O)n2[C@@H]1c1ccc(Cl)cc1. The third kappa shape index (κ3) is 4.57. The molecule has 0 bridgehead atoms. The summed E-state index contributed by atoms with van der Waals surface area (Å²) in [6.07, 6.45) is 1.68. The van der Waals surface area contributed by atoms with Crippen LogP contribution >= 0.6 is 34.5 Å². The monoisotopic (exact) mass is 538 g/mol. The van der Waals surface area contributed by atoms with Gasteiger partial charge in [-0.1, -0.05) is 58.8 Å². The molecule has 0 radical (unpaired) electrons. The minimum atomic E-state index is -0.696. The number of carbonyl (C=O) groups excluding carboxylic acids is 1. The molecular weight excluding hydrogens is 519 g/mol. The van der Waals surface area contributed by atoms with E-state index >= 15 is 0 Å². The number of nitrogens with zero attached hydrogens (tertiary/aromatic N) is 2. The lowest BCUT2D eigenvalue weighted by molar-refractivity contribution is -0.139. The van der Waals surface area contributed by atoms with Gasteiger partial charge in [-0.3, -0.25) is 9.36 Å². The van der Waals surface area contributed by atoms with E-state index in [0.717, 1.165) is 11.1 Å². The lowest BCUT2D eigenvalue weighted by atomic mass is 9.96. The average molecular weight is 539 g/mol. The van der Waals surface area contributed by atoms with Crippen molar-refractivity contribution in [1.29, 1.82) is 0 Å². The largest absolute Gasteiger partial charge is 0.463 e. The first-order valence-corrected chi connectivity index (χ1v) is 12.7. The zero-order chi connectivity index (χ0) is 25.4. The maximum absolute atomic E-state index is 13.6. The van der Waals surface area contributed by atoms with E-state index in [1.807, 2.05) is 24.3 Å². The van der Waals surface area contributed by atoms with Crippen molar-refractivity contribution in [3.8, 4) is 11.3 Å². The number of rotatable bonds is 5. The van der Waals surface area contributed by atoms with Crippen LogP contribution in [0.2, 0.25) is 10.0 Å². The molecule has 4 aromatic rings. The molecule has 2 aromatic carbocycles. The van der Waals surface area contributed by atoms with Crippen molar-refractivity contribution in [1.82, 2.24) is 4.57 Å². The van der Waals surface area contributed by atoms with Gasteiger partial charge in [0.2, 0.25) is 0 Å². The molecule has 5 rings (SSSR count). The molecule has 1 aliphatic heterocycles. The Morgan fingerprint density at radius 3 is 2.64 bits per heavy atom. The van der Waals surface area contributed by atoms with Crippen LogP contribution < -0.4 is 14.9 Å². The number of ether oxygens (including phenoxy) is 1. The van der Waals surface area contributed by atoms with E-state index in [1.54, 1.807) is 56.3 Å². The fourth-order valence-corrected chi connectivity index (χ4v) is 5.45. The van der Waals surface area contributed by atoms with Crippen molar-refractivity contribution in [2.45, 2.75) is 19.9 Å². The number of esters is 1. The molecule has 9 heteroatoms. The second-order valence-corrected chi connectivity index (χ2v) is 9.95. The zero-order valence-corrected chi connectivity index (χ0v) is 21.7. The Morgan fingerprint density at radius 2 is 1.92 bits per heavy atom. The molecule has 0 aliphatic carbocycles. The van der Waals surface area contributed by atoms with Gasteiger partial charge in [-0.05, 0) is 55.8 Å². The van der Waals surface area contributed by atoms with Crippen LogP contribution in [0.5, 0.6) is 0 Å². The topological polar surface area (TPSA) is 73.8 Å². The summed E-state index contributed by atoms with van der Waals surface area (Å²) < 4.78 is 13.2. The molecule has 0 saturated carbocycles. The molecule has 2 aromatic heterocycles. The fourth-order valence-electron chi connectivity index (χ4n) is 4.11. The van der Waals surface area contributed by atoms with Gasteiger partial charge in [0.25, 0.3) is 5.56 Å². The third-order valence-electron chi connectivity index (χ3n) is 5.71. The number of aromatic nitrogens is 1. The summed E-state index contributed by atoms with van der Waals surface area (Å²) in [4.78, 5) is 31.6. The van der Waals surface area contributed by atoms with Crippen LogP contribution in [0.4, 0.5) is 0 Å². The number of halogens is 2. The summed E-state index contributed by atoms with van der Waals surface area (Å²) in [5.74, 6) is 0.640. The second kappa shape index (κ2) is 9.93. The van der Waals surface area contributed by atoms with Gasteiger partial charge < -0.3 is 9.15 Å². The highest BCUT2D eigenvalue weighted by Gasteiger charge is 2.33. The van der Waals surface area contributed by atoms with Gasteiger partial charge in [0, 0.05) is 21.7 Å². The molecule has 6 nitrogen and oxygen atoms in total. The molecule has 0 saturated heterocycles. The average Bonchev–Trinajstić information content (AvgIpc) is 3.43. The second-order valence-electron chi connectivity index (χ2n) is 8.07. The van der Waals surface area contributed by atoms with E-state index in [-0.39, 0.29) is 12.2 Å². The normalized spacial score (nSPS) is 15.6. The first-order valence-electron chi connectivity index (χ1n) is 11.2. The standard InChI is InChI=1S/C27H20Cl2N2O4S/c1-3-34-26(33)23-15(2)30-27-31(24(23)16-7-9-18(28)10-8-16)25(32)22(36-27)14-20-11-12-21(35-20)17-5-4-6-19(29)13-17/h4-14,24H,3H2,1-2H3/b22-14+/t24-/m1/s1. The van der Waals surface area contributed by atoms with Gasteiger partial charge in [-0.2, -0.15) is 0 Å². The van der Waals surface area contributed by atoms with Crippen molar-refractivity contribution in [2.75, 3.05) is 6.61 Å². The van der Waals surface area contributed by atoms with E-state index in [1.165, 1.54) is 15.9 Å². The van der Waals surface area contributed by atoms with Crippen molar-refractivity contribution in [3.63, 3.8) is 0 Å². The summed E-state index contributed by atoms with van der Waals surface area (Å²) in [5.41, 5.74) is 2.10. The number of hydrogen-bond donors (Lipinski definition) is 0. The number of allylic oxidation sites excluding steroid dienone is 1. The van der Waals surface area contributed by atoms with Gasteiger partial charge in [0.1, 0.15) is 11.5 Å². The van der Waals surface area contributed by atoms with Crippen LogP contribution in [-0.2, 0) is 9.53 Å². The van der Waals surface area contributed by atoms with Gasteiger partial charge in [0.15, 0.2) is 4.80 Å². The molecular formula is C27H20Cl2N2O4S. The van der Waals surface area contributed by atoms with Crippen molar-refractivity contribution in [2.24, 2.45) is 4.99 Å². The number of carbonyl (C=O) groups is 1. The molecule has 0 fully saturated rings. The van der Waals surface area contributed by atoms with Gasteiger partial charge in [-0.25, -0.2) is 9.79 Å². The zero-order valence-electron chi connectivity index (χ0n) is 19.3. The van der Waals surface area contributed by atoms with E-state index in [0.29, 0.717) is 42.2 Å². The Balaban J connectivity index is 1.64. The van der Waals surface area contributed by atoms with Crippen molar-refractivity contribution < 1.29 is 13.9 Å². The summed E-state index contributed by atoms with van der Waals surface area (Å²) in [6.45, 7) is 3.69. The molecule has 0 amide bonds. The van der Waals surface area contributed by atoms with Gasteiger partial charge >= 0.3 is 5.97 Å². The third-order valence-corrected chi connectivity index (χ3v) is 7.18. The molecule has 36 heavy (non-hydrogen) atoms. The number of benzene rings is 2. The lowest BCUT2D eigenvalue weighted by Gasteiger charge is -2.24. The summed E-state index contributed by atoms with van der Waals surface area (Å²) in [7, 11) is 0. The first-order chi connectivity index (χ1) is 17.4. The summed E-state index contributed by atoms with van der Waals surface area (Å²) in [5, 5.41) is 1.16. The van der Waals surface area contributed by atoms with Crippen LogP contribution in [-0.4, -0.2) is 17.1 Å². The fraction of sp³-hybridized carbons (Fsp3) is 0.148. The highest BCUT2D eigenvalue weighted by Crippen LogP contribution is 2.31. The van der Waals surface area contributed by atoms with Crippen molar-refractivity contribution >= 4 is 46.6 Å². The van der Waals surface area contributed by atoms with Crippen LogP contribution in [0.15, 0.2) is 86.1 Å². The van der Waals surface area contributed by atoms with E-state index in [9.17, 15) is 9.59 Å². The smallest absolute Gasteiger partial charge is 0.338 e. The predicted molar refractivity (Wildman–Crippen MR) is 141 cm³/mol. The summed E-state index contributed by atoms with van der Waals surface area (Å²) in [6, 6.07) is 17.3. The molecule has 182 valence electrons. The Labute approximate surface area is 220 Å². The number of hydrogen-bond acceptors (Lipinski definition) is 6. The molecule has 0 unspecified atom stereocenters. The minimum Gasteiger partial charge on any atom is -0.463 e. The molecule has 0 spiro atoms. The Bertz CT molecular complexity index is 1680. The van der Waals surface area contributed by atoms with E-state index in [2.05, 4.69) is 4.99 Å². The van der Waals surface area contributed by atoms with Crippen LogP contribution in [0.3, 0.4) is 0 Å². The Hall–Kier alpha value is -3.39. The Kier molecular flexibility index (Phi) is 6.71. The first kappa shape index (κ1) is 24.3. The molecule has 3 heterocycles.